The van der Waals surface area contributed by atoms with Crippen LogP contribution in [0.15, 0.2) is 4.42 Å². The lowest BCUT2D eigenvalue weighted by Gasteiger charge is -1.99. The second-order valence-electron chi connectivity index (χ2n) is 3.33. The van der Waals surface area contributed by atoms with Crippen molar-refractivity contribution in [1.82, 2.24) is 4.98 Å². The monoisotopic (exact) mass is 197 g/mol. The summed E-state index contributed by atoms with van der Waals surface area (Å²) in [5.74, 6) is -0.536. The molecular formula is C9H11NO4. The molecule has 0 aliphatic carbocycles. The van der Waals surface area contributed by atoms with Gasteiger partial charge in [0.15, 0.2) is 0 Å². The summed E-state index contributed by atoms with van der Waals surface area (Å²) in [6.45, 7) is 2.89. The third-order valence-corrected chi connectivity index (χ3v) is 2.29. The number of carboxylic acid groups (broad SMARTS) is 1. The predicted octanol–water partition coefficient (Wildman–Crippen LogP) is 1.19. The molecule has 0 radical (unpaired) electrons. The van der Waals surface area contributed by atoms with E-state index in [-0.39, 0.29) is 11.7 Å². The van der Waals surface area contributed by atoms with E-state index in [0.717, 1.165) is 6.42 Å². The minimum absolute atomic E-state index is 0.0631. The van der Waals surface area contributed by atoms with Crippen molar-refractivity contribution in [3.63, 3.8) is 0 Å². The van der Waals surface area contributed by atoms with E-state index in [1.165, 1.54) is 0 Å². The number of oxazole rings is 1. The molecule has 1 atom stereocenters. The summed E-state index contributed by atoms with van der Waals surface area (Å²) in [5, 5.41) is 8.76. The Hall–Kier alpha value is -1.36. The SMILES string of the molecule is Cc1nc([C@@H]2CCOC2)oc1C(=O)O. The fourth-order valence-corrected chi connectivity index (χ4v) is 1.52. The maximum absolute atomic E-state index is 10.7. The summed E-state index contributed by atoms with van der Waals surface area (Å²) in [5.41, 5.74) is 0.430. The molecule has 5 nitrogen and oxygen atoms in total. The van der Waals surface area contributed by atoms with Gasteiger partial charge in [0.05, 0.1) is 18.2 Å². The Morgan fingerprint density at radius 2 is 2.43 bits per heavy atom. The van der Waals surface area contributed by atoms with Gasteiger partial charge in [0.1, 0.15) is 0 Å². The van der Waals surface area contributed by atoms with Crippen molar-refractivity contribution in [2.45, 2.75) is 19.3 Å². The molecule has 1 aliphatic heterocycles. The molecule has 5 heteroatoms. The number of rotatable bonds is 2. The molecule has 76 valence electrons. The van der Waals surface area contributed by atoms with Crippen LogP contribution in [0, 0.1) is 6.92 Å². The van der Waals surface area contributed by atoms with Crippen LogP contribution in [-0.4, -0.2) is 29.3 Å². The van der Waals surface area contributed by atoms with Crippen LogP contribution in [-0.2, 0) is 4.74 Å². The number of nitrogens with zero attached hydrogens (tertiary/aromatic N) is 1. The first-order valence-electron chi connectivity index (χ1n) is 4.47. The molecule has 0 amide bonds. The first-order chi connectivity index (χ1) is 6.68. The first kappa shape index (κ1) is 9.21. The highest BCUT2D eigenvalue weighted by Gasteiger charge is 2.25. The van der Waals surface area contributed by atoms with E-state index >= 15 is 0 Å². The summed E-state index contributed by atoms with van der Waals surface area (Å²) in [6.07, 6.45) is 0.846. The number of aromatic carboxylic acids is 1. The average molecular weight is 197 g/mol. The second kappa shape index (κ2) is 3.42. The predicted molar refractivity (Wildman–Crippen MR) is 46.4 cm³/mol. The van der Waals surface area contributed by atoms with E-state index in [1.54, 1.807) is 6.92 Å². The number of hydrogen-bond acceptors (Lipinski definition) is 4. The summed E-state index contributed by atoms with van der Waals surface area (Å²) in [7, 11) is 0. The maximum atomic E-state index is 10.7. The summed E-state index contributed by atoms with van der Waals surface area (Å²) >= 11 is 0. The lowest BCUT2D eigenvalue weighted by molar-refractivity contribution is 0.0658. The average Bonchev–Trinajstić information content (AvgIpc) is 2.70. The summed E-state index contributed by atoms with van der Waals surface area (Å²) in [4.78, 5) is 14.8. The Bertz CT molecular complexity index is 352. The molecule has 0 bridgehead atoms. The van der Waals surface area contributed by atoms with Crippen molar-refractivity contribution < 1.29 is 19.1 Å². The van der Waals surface area contributed by atoms with Gasteiger partial charge >= 0.3 is 5.97 Å². The minimum atomic E-state index is -1.07. The van der Waals surface area contributed by atoms with Gasteiger partial charge in [-0.3, -0.25) is 0 Å². The molecule has 0 saturated carbocycles. The van der Waals surface area contributed by atoms with Gasteiger partial charge < -0.3 is 14.3 Å². The molecule has 2 heterocycles. The molecule has 1 aromatic rings. The number of ether oxygens (including phenoxy) is 1. The number of aromatic nitrogens is 1. The van der Waals surface area contributed by atoms with E-state index in [1.807, 2.05) is 0 Å². The normalized spacial score (nSPS) is 21.4. The fourth-order valence-electron chi connectivity index (χ4n) is 1.52. The van der Waals surface area contributed by atoms with Gasteiger partial charge in [0, 0.05) is 6.61 Å². The molecular weight excluding hydrogens is 186 g/mol. The van der Waals surface area contributed by atoms with Crippen LogP contribution < -0.4 is 0 Å². The van der Waals surface area contributed by atoms with Crippen molar-refractivity contribution in [3.05, 3.63) is 17.3 Å². The lowest BCUT2D eigenvalue weighted by Crippen LogP contribution is -1.97. The Balaban J connectivity index is 2.27. The van der Waals surface area contributed by atoms with Crippen LogP contribution in [0.3, 0.4) is 0 Å². The van der Waals surface area contributed by atoms with Gasteiger partial charge in [-0.15, -0.1) is 0 Å². The zero-order valence-electron chi connectivity index (χ0n) is 7.82. The molecule has 1 aliphatic rings. The highest BCUT2D eigenvalue weighted by atomic mass is 16.5. The quantitative estimate of drug-likeness (QED) is 0.770. The largest absolute Gasteiger partial charge is 0.475 e. The molecule has 1 fully saturated rings. The number of aryl methyl sites for hydroxylation is 1. The third-order valence-electron chi connectivity index (χ3n) is 2.29. The van der Waals surface area contributed by atoms with Crippen molar-refractivity contribution in [3.8, 4) is 0 Å². The fraction of sp³-hybridized carbons (Fsp3) is 0.556. The van der Waals surface area contributed by atoms with Gasteiger partial charge in [0.2, 0.25) is 11.7 Å². The second-order valence-corrected chi connectivity index (χ2v) is 3.33. The van der Waals surface area contributed by atoms with Crippen molar-refractivity contribution in [2.24, 2.45) is 0 Å². The summed E-state index contributed by atoms with van der Waals surface area (Å²) in [6, 6.07) is 0. The topological polar surface area (TPSA) is 72.6 Å². The molecule has 1 saturated heterocycles. The van der Waals surface area contributed by atoms with Crippen LogP contribution in [0.1, 0.15) is 34.5 Å². The third kappa shape index (κ3) is 1.50. The van der Waals surface area contributed by atoms with E-state index in [0.29, 0.717) is 24.8 Å². The Labute approximate surface area is 80.7 Å². The van der Waals surface area contributed by atoms with Crippen LogP contribution >= 0.6 is 0 Å². The minimum Gasteiger partial charge on any atom is -0.475 e. The van der Waals surface area contributed by atoms with E-state index in [4.69, 9.17) is 14.3 Å². The molecule has 1 aromatic heterocycles. The van der Waals surface area contributed by atoms with E-state index in [2.05, 4.69) is 4.98 Å². The lowest BCUT2D eigenvalue weighted by atomic mass is 10.1. The zero-order chi connectivity index (χ0) is 10.1. The van der Waals surface area contributed by atoms with Crippen LogP contribution in [0.4, 0.5) is 0 Å². The van der Waals surface area contributed by atoms with E-state index in [9.17, 15) is 4.79 Å². The smallest absolute Gasteiger partial charge is 0.373 e. The molecule has 0 unspecified atom stereocenters. The van der Waals surface area contributed by atoms with Crippen molar-refractivity contribution >= 4 is 5.97 Å². The highest BCUT2D eigenvalue weighted by Crippen LogP contribution is 2.26. The van der Waals surface area contributed by atoms with Gasteiger partial charge in [-0.1, -0.05) is 0 Å². The molecule has 14 heavy (non-hydrogen) atoms. The van der Waals surface area contributed by atoms with Crippen LogP contribution in [0.25, 0.3) is 0 Å². The number of carboxylic acids is 1. The van der Waals surface area contributed by atoms with Crippen LogP contribution in [0.2, 0.25) is 0 Å². The van der Waals surface area contributed by atoms with Gasteiger partial charge in [-0.2, -0.15) is 0 Å². The Kier molecular flexibility index (Phi) is 2.25. The molecule has 2 rings (SSSR count). The Morgan fingerprint density at radius 1 is 1.64 bits per heavy atom. The number of carbonyl (C=O) groups is 1. The Morgan fingerprint density at radius 3 is 2.93 bits per heavy atom. The van der Waals surface area contributed by atoms with Gasteiger partial charge in [0.25, 0.3) is 0 Å². The van der Waals surface area contributed by atoms with E-state index < -0.39 is 5.97 Å². The molecule has 0 spiro atoms. The standard InChI is InChI=1S/C9H11NO4/c1-5-7(9(11)12)14-8(10-5)6-2-3-13-4-6/h6H,2-4H2,1H3,(H,11,12)/t6-/m1/s1. The number of hydrogen-bond donors (Lipinski definition) is 1. The molecule has 1 N–H and O–H groups in total. The van der Waals surface area contributed by atoms with Gasteiger partial charge in [-0.25, -0.2) is 9.78 Å². The zero-order valence-corrected chi connectivity index (χ0v) is 7.82. The van der Waals surface area contributed by atoms with Crippen LogP contribution in [0.5, 0.6) is 0 Å². The first-order valence-corrected chi connectivity index (χ1v) is 4.47. The van der Waals surface area contributed by atoms with Crippen molar-refractivity contribution in [1.29, 1.82) is 0 Å². The maximum Gasteiger partial charge on any atom is 0.373 e. The summed E-state index contributed by atoms with van der Waals surface area (Å²) < 4.78 is 10.3. The molecule has 0 aromatic carbocycles. The highest BCUT2D eigenvalue weighted by molar-refractivity contribution is 5.85. The van der Waals surface area contributed by atoms with Gasteiger partial charge in [-0.05, 0) is 13.3 Å². The van der Waals surface area contributed by atoms with Crippen molar-refractivity contribution in [2.75, 3.05) is 13.2 Å².